The third-order valence-electron chi connectivity index (χ3n) is 5.04. The van der Waals surface area contributed by atoms with Gasteiger partial charge < -0.3 is 0 Å². The SMILES string of the molecule is Cn1cc2c(n1)c(=O)n(Cc1ccc(Cl)cc1)c1nn(Cc3cccc(F)c3)c(=O)n21. The first-order chi connectivity index (χ1) is 14.9. The van der Waals surface area contributed by atoms with Crippen molar-refractivity contribution in [2.24, 2.45) is 7.05 Å². The van der Waals surface area contributed by atoms with Gasteiger partial charge in [0.15, 0.2) is 5.52 Å². The van der Waals surface area contributed by atoms with E-state index in [4.69, 9.17) is 11.6 Å². The topological polar surface area (TPSA) is 79.1 Å². The van der Waals surface area contributed by atoms with Gasteiger partial charge in [-0.15, -0.1) is 5.10 Å². The lowest BCUT2D eigenvalue weighted by Gasteiger charge is -2.07. The molecule has 3 heterocycles. The van der Waals surface area contributed by atoms with Crippen LogP contribution in [0.5, 0.6) is 0 Å². The minimum absolute atomic E-state index is 0.0646. The van der Waals surface area contributed by atoms with Crippen molar-refractivity contribution in [3.8, 4) is 0 Å². The van der Waals surface area contributed by atoms with Gasteiger partial charge in [0.25, 0.3) is 5.56 Å². The lowest BCUT2D eigenvalue weighted by Crippen LogP contribution is -2.26. The Morgan fingerprint density at radius 2 is 1.77 bits per heavy atom. The molecule has 0 amide bonds. The standard InChI is InChI=1S/C21H16ClFN6O2/c1-26-12-17-18(24-26)19(30)27(10-13-5-7-15(22)8-6-13)20-25-28(21(31)29(17)20)11-14-3-2-4-16(23)9-14/h2-9,12H,10-11H2,1H3. The molecule has 3 aromatic heterocycles. The summed E-state index contributed by atoms with van der Waals surface area (Å²) in [6.45, 7) is 0.248. The third-order valence-corrected chi connectivity index (χ3v) is 5.29. The highest BCUT2D eigenvalue weighted by Gasteiger charge is 2.20. The zero-order valence-electron chi connectivity index (χ0n) is 16.4. The van der Waals surface area contributed by atoms with Crippen LogP contribution in [0.1, 0.15) is 11.1 Å². The second kappa shape index (κ2) is 7.21. The Morgan fingerprint density at radius 1 is 1.00 bits per heavy atom. The van der Waals surface area contributed by atoms with Crippen LogP contribution < -0.4 is 11.2 Å². The van der Waals surface area contributed by atoms with Crippen LogP contribution in [0, 0.1) is 5.82 Å². The molecule has 10 heteroatoms. The summed E-state index contributed by atoms with van der Waals surface area (Å²) in [6.07, 6.45) is 1.60. The molecule has 0 bridgehead atoms. The van der Waals surface area contributed by atoms with Crippen molar-refractivity contribution >= 4 is 28.4 Å². The summed E-state index contributed by atoms with van der Waals surface area (Å²) in [4.78, 5) is 26.4. The van der Waals surface area contributed by atoms with Crippen molar-refractivity contribution in [2.45, 2.75) is 13.1 Å². The third kappa shape index (κ3) is 3.32. The summed E-state index contributed by atoms with van der Waals surface area (Å²) in [7, 11) is 1.68. The van der Waals surface area contributed by atoms with E-state index in [1.807, 2.05) is 0 Å². The molecule has 0 saturated heterocycles. The lowest BCUT2D eigenvalue weighted by molar-refractivity contribution is 0.615. The first-order valence-corrected chi connectivity index (χ1v) is 9.83. The molecule has 31 heavy (non-hydrogen) atoms. The summed E-state index contributed by atoms with van der Waals surface area (Å²) < 4.78 is 19.1. The normalized spacial score (nSPS) is 11.6. The van der Waals surface area contributed by atoms with Crippen LogP contribution in [0.4, 0.5) is 4.39 Å². The predicted octanol–water partition coefficient (Wildman–Crippen LogP) is 2.43. The highest BCUT2D eigenvalue weighted by Crippen LogP contribution is 2.14. The van der Waals surface area contributed by atoms with E-state index in [-0.39, 0.29) is 29.9 Å². The Bertz CT molecular complexity index is 1560. The summed E-state index contributed by atoms with van der Waals surface area (Å²) in [6, 6.07) is 13.0. The van der Waals surface area contributed by atoms with Crippen LogP contribution in [0.15, 0.2) is 64.3 Å². The molecule has 0 spiro atoms. The van der Waals surface area contributed by atoms with Crippen LogP contribution >= 0.6 is 11.6 Å². The second-order valence-corrected chi connectivity index (χ2v) is 7.70. The monoisotopic (exact) mass is 438 g/mol. The number of hydrogen-bond acceptors (Lipinski definition) is 4. The minimum atomic E-state index is -0.442. The van der Waals surface area contributed by atoms with Crippen molar-refractivity contribution in [2.75, 3.05) is 0 Å². The van der Waals surface area contributed by atoms with Crippen molar-refractivity contribution in [3.05, 3.63) is 97.5 Å². The number of halogens is 2. The summed E-state index contributed by atoms with van der Waals surface area (Å²) in [5.74, 6) is -0.217. The molecule has 8 nitrogen and oxygen atoms in total. The molecule has 0 N–H and O–H groups in total. The predicted molar refractivity (Wildman–Crippen MR) is 114 cm³/mol. The molecule has 156 valence electrons. The zero-order chi connectivity index (χ0) is 21.7. The highest BCUT2D eigenvalue weighted by molar-refractivity contribution is 6.30. The Balaban J connectivity index is 1.74. The van der Waals surface area contributed by atoms with Crippen molar-refractivity contribution in [1.29, 1.82) is 0 Å². The summed E-state index contributed by atoms with van der Waals surface area (Å²) in [5.41, 5.74) is 1.13. The Hall–Kier alpha value is -3.72. The number of nitrogens with zero attached hydrogens (tertiary/aromatic N) is 6. The maximum Gasteiger partial charge on any atom is 0.352 e. The number of fused-ring (bicyclic) bond motifs is 3. The van der Waals surface area contributed by atoms with Gasteiger partial charge in [-0.2, -0.15) is 5.10 Å². The maximum absolute atomic E-state index is 13.6. The Morgan fingerprint density at radius 3 is 2.52 bits per heavy atom. The van der Waals surface area contributed by atoms with E-state index in [0.29, 0.717) is 16.1 Å². The number of aromatic nitrogens is 6. The van der Waals surface area contributed by atoms with E-state index >= 15 is 0 Å². The number of rotatable bonds is 4. The van der Waals surface area contributed by atoms with E-state index in [0.717, 1.165) is 5.56 Å². The van der Waals surface area contributed by atoms with Crippen LogP contribution in [-0.2, 0) is 20.1 Å². The Labute approximate surface area is 179 Å². The molecule has 0 atom stereocenters. The molecule has 0 aliphatic rings. The summed E-state index contributed by atoms with van der Waals surface area (Å²) in [5, 5.41) is 9.24. The Kier molecular flexibility index (Phi) is 4.48. The largest absolute Gasteiger partial charge is 0.352 e. The van der Waals surface area contributed by atoms with E-state index in [1.54, 1.807) is 49.6 Å². The van der Waals surface area contributed by atoms with Gasteiger partial charge in [-0.1, -0.05) is 35.9 Å². The summed E-state index contributed by atoms with van der Waals surface area (Å²) >= 11 is 5.96. The molecule has 0 aliphatic heterocycles. The fourth-order valence-corrected chi connectivity index (χ4v) is 3.74. The number of benzene rings is 2. The zero-order valence-corrected chi connectivity index (χ0v) is 17.1. The van der Waals surface area contributed by atoms with Gasteiger partial charge in [0.1, 0.15) is 11.3 Å². The molecular formula is C21H16ClFN6O2. The molecule has 0 radical (unpaired) electrons. The number of aryl methyl sites for hydroxylation is 1. The van der Waals surface area contributed by atoms with Crippen LogP contribution in [0.3, 0.4) is 0 Å². The average Bonchev–Trinajstić information content (AvgIpc) is 3.27. The fourth-order valence-electron chi connectivity index (χ4n) is 3.62. The van der Waals surface area contributed by atoms with E-state index < -0.39 is 11.5 Å². The quantitative estimate of drug-likeness (QED) is 0.431. The second-order valence-electron chi connectivity index (χ2n) is 7.26. The van der Waals surface area contributed by atoms with E-state index in [9.17, 15) is 14.0 Å². The van der Waals surface area contributed by atoms with Crippen molar-refractivity contribution < 1.29 is 4.39 Å². The molecule has 2 aromatic carbocycles. The van der Waals surface area contributed by atoms with Gasteiger partial charge in [-0.3, -0.25) is 14.0 Å². The van der Waals surface area contributed by atoms with Crippen molar-refractivity contribution in [3.63, 3.8) is 0 Å². The maximum atomic E-state index is 13.6. The van der Waals surface area contributed by atoms with Crippen LogP contribution in [0.25, 0.3) is 16.8 Å². The van der Waals surface area contributed by atoms with Gasteiger partial charge in [-0.05, 0) is 35.4 Å². The minimum Gasteiger partial charge on any atom is -0.273 e. The van der Waals surface area contributed by atoms with Gasteiger partial charge in [0.2, 0.25) is 5.78 Å². The average molecular weight is 439 g/mol. The molecule has 0 aliphatic carbocycles. The molecule has 0 fully saturated rings. The first kappa shape index (κ1) is 19.3. The van der Waals surface area contributed by atoms with Crippen LogP contribution in [-0.4, -0.2) is 28.5 Å². The van der Waals surface area contributed by atoms with Gasteiger partial charge in [0, 0.05) is 18.3 Å². The molecule has 0 saturated carbocycles. The smallest absolute Gasteiger partial charge is 0.273 e. The molecule has 5 rings (SSSR count). The van der Waals surface area contributed by atoms with Crippen LogP contribution in [0.2, 0.25) is 5.02 Å². The molecule has 0 unspecified atom stereocenters. The van der Waals surface area contributed by atoms with Gasteiger partial charge in [-0.25, -0.2) is 18.3 Å². The van der Waals surface area contributed by atoms with E-state index in [1.165, 1.54) is 30.5 Å². The van der Waals surface area contributed by atoms with Crippen molar-refractivity contribution in [1.82, 2.24) is 28.5 Å². The van der Waals surface area contributed by atoms with Gasteiger partial charge >= 0.3 is 5.69 Å². The lowest BCUT2D eigenvalue weighted by atomic mass is 10.2. The molecule has 5 aromatic rings. The fraction of sp³-hybridized carbons (Fsp3) is 0.143. The van der Waals surface area contributed by atoms with Gasteiger partial charge in [0.05, 0.1) is 13.1 Å². The first-order valence-electron chi connectivity index (χ1n) is 9.45. The number of hydrogen-bond donors (Lipinski definition) is 0. The molecular weight excluding hydrogens is 423 g/mol. The highest BCUT2D eigenvalue weighted by atomic mass is 35.5. The van der Waals surface area contributed by atoms with E-state index in [2.05, 4.69) is 10.2 Å².